The van der Waals surface area contributed by atoms with Crippen molar-refractivity contribution in [3.8, 4) is 11.1 Å². The largest absolute Gasteiger partial charge is 0.418 e. The number of esters is 1. The van der Waals surface area contributed by atoms with Gasteiger partial charge in [0.1, 0.15) is 18.4 Å². The monoisotopic (exact) mass is 363 g/mol. The molecule has 0 N–H and O–H groups in total. The van der Waals surface area contributed by atoms with Gasteiger partial charge >= 0.3 is 12.1 Å². The van der Waals surface area contributed by atoms with Crippen molar-refractivity contribution >= 4 is 18.3 Å². The van der Waals surface area contributed by atoms with E-state index < -0.39 is 24.1 Å². The summed E-state index contributed by atoms with van der Waals surface area (Å²) in [5.41, 5.74) is 4.10. The minimum absolute atomic E-state index is 0.186. The zero-order chi connectivity index (χ0) is 19.1. The van der Waals surface area contributed by atoms with Gasteiger partial charge in [-0.05, 0) is 34.6 Å². The second-order valence-electron chi connectivity index (χ2n) is 7.52. The predicted octanol–water partition coefficient (Wildman–Crippen LogP) is 3.76. The van der Waals surface area contributed by atoms with E-state index in [2.05, 4.69) is 0 Å². The second-order valence-corrected chi connectivity index (χ2v) is 7.52. The van der Waals surface area contributed by atoms with E-state index in [4.69, 9.17) is 4.74 Å². The van der Waals surface area contributed by atoms with Crippen LogP contribution in [0.2, 0.25) is 0 Å². The minimum atomic E-state index is -0.794. The summed E-state index contributed by atoms with van der Waals surface area (Å²) < 4.78 is 4.89. The highest BCUT2D eigenvalue weighted by Gasteiger charge is 2.49. The number of carbonyl (C=O) groups is 3. The van der Waals surface area contributed by atoms with Gasteiger partial charge in [-0.25, -0.2) is 9.59 Å². The first-order valence-corrected chi connectivity index (χ1v) is 9.20. The molecule has 2 aromatic rings. The van der Waals surface area contributed by atoms with E-state index in [9.17, 15) is 14.4 Å². The van der Waals surface area contributed by atoms with Gasteiger partial charge in [0, 0.05) is 5.92 Å². The quantitative estimate of drug-likeness (QED) is 0.461. The Morgan fingerprint density at radius 2 is 1.56 bits per heavy atom. The standard InChI is InChI=1S/C22H21NO4/c1-13(2)11-18-21(25)27-22(26)23(18)19(12-24)20-16-9-5-3-7-14(16)15-8-4-6-10-17(15)20/h3-10,12-13,18-20H,11H2,1-2H3/t18-,19?/m0/s1. The fourth-order valence-electron chi connectivity index (χ4n) is 4.30. The molecule has 27 heavy (non-hydrogen) atoms. The highest BCUT2D eigenvalue weighted by Crippen LogP contribution is 2.47. The molecule has 138 valence electrons. The molecular weight excluding hydrogens is 342 g/mol. The molecule has 1 amide bonds. The Hall–Kier alpha value is -2.95. The summed E-state index contributed by atoms with van der Waals surface area (Å²) in [4.78, 5) is 38.3. The van der Waals surface area contributed by atoms with Crippen LogP contribution in [0.3, 0.4) is 0 Å². The van der Waals surface area contributed by atoms with Gasteiger partial charge in [0.05, 0.1) is 0 Å². The second kappa shape index (κ2) is 6.65. The van der Waals surface area contributed by atoms with E-state index >= 15 is 0 Å². The van der Waals surface area contributed by atoms with Crippen LogP contribution >= 0.6 is 0 Å². The third kappa shape index (κ3) is 2.74. The molecule has 0 bridgehead atoms. The van der Waals surface area contributed by atoms with Crippen molar-refractivity contribution in [3.63, 3.8) is 0 Å². The molecule has 0 saturated carbocycles. The van der Waals surface area contributed by atoms with Gasteiger partial charge in [0.15, 0.2) is 0 Å². The fraction of sp³-hybridized carbons (Fsp3) is 0.318. The molecule has 5 nitrogen and oxygen atoms in total. The van der Waals surface area contributed by atoms with Crippen LogP contribution in [0.4, 0.5) is 4.79 Å². The highest BCUT2D eigenvalue weighted by atomic mass is 16.6. The molecule has 1 saturated heterocycles. The van der Waals surface area contributed by atoms with Gasteiger partial charge in [-0.3, -0.25) is 4.90 Å². The van der Waals surface area contributed by atoms with Gasteiger partial charge in [0.25, 0.3) is 0 Å². The summed E-state index contributed by atoms with van der Waals surface area (Å²) in [6.07, 6.45) is 0.506. The van der Waals surface area contributed by atoms with Crippen molar-refractivity contribution in [2.75, 3.05) is 0 Å². The lowest BCUT2D eigenvalue weighted by Gasteiger charge is -2.31. The minimum Gasteiger partial charge on any atom is -0.375 e. The number of amides is 1. The Bertz CT molecular complexity index is 875. The zero-order valence-corrected chi connectivity index (χ0v) is 15.3. The molecular formula is C22H21NO4. The maximum absolute atomic E-state index is 12.5. The van der Waals surface area contributed by atoms with Crippen LogP contribution in [0.5, 0.6) is 0 Å². The summed E-state index contributed by atoms with van der Waals surface area (Å²) >= 11 is 0. The maximum Gasteiger partial charge on any atom is 0.418 e. The lowest BCUT2D eigenvalue weighted by atomic mass is 9.88. The lowest BCUT2D eigenvalue weighted by molar-refractivity contribution is -0.136. The summed E-state index contributed by atoms with van der Waals surface area (Å²) in [6, 6.07) is 14.3. The molecule has 1 aliphatic carbocycles. The Kier molecular flexibility index (Phi) is 4.30. The SMILES string of the molecule is CC(C)C[C@H]1C(=O)OC(=O)N1C(C=O)C1c2ccccc2-c2ccccc21. The zero-order valence-electron chi connectivity index (χ0n) is 15.3. The van der Waals surface area contributed by atoms with Gasteiger partial charge in [-0.1, -0.05) is 62.4 Å². The summed E-state index contributed by atoms with van der Waals surface area (Å²) in [6.45, 7) is 3.95. The average Bonchev–Trinajstić information content (AvgIpc) is 3.12. The van der Waals surface area contributed by atoms with Crippen molar-refractivity contribution in [1.82, 2.24) is 4.90 Å². The number of hydrogen-bond acceptors (Lipinski definition) is 4. The van der Waals surface area contributed by atoms with Crippen LogP contribution in [0.25, 0.3) is 11.1 Å². The smallest absolute Gasteiger partial charge is 0.375 e. The van der Waals surface area contributed by atoms with Crippen LogP contribution < -0.4 is 0 Å². The Labute approximate surface area is 157 Å². The number of ether oxygens (including phenoxy) is 1. The number of rotatable bonds is 5. The first-order valence-electron chi connectivity index (χ1n) is 9.20. The van der Waals surface area contributed by atoms with Crippen LogP contribution in [0.15, 0.2) is 48.5 Å². The molecule has 1 unspecified atom stereocenters. The number of cyclic esters (lactones) is 2. The molecule has 0 aromatic heterocycles. The number of fused-ring (bicyclic) bond motifs is 3. The number of hydrogen-bond donors (Lipinski definition) is 0. The summed E-state index contributed by atoms with van der Waals surface area (Å²) in [7, 11) is 0. The fourth-order valence-corrected chi connectivity index (χ4v) is 4.30. The van der Waals surface area contributed by atoms with Crippen LogP contribution in [0.1, 0.15) is 37.3 Å². The third-order valence-electron chi connectivity index (χ3n) is 5.39. The van der Waals surface area contributed by atoms with Crippen LogP contribution in [-0.2, 0) is 14.3 Å². The molecule has 5 heteroatoms. The van der Waals surface area contributed by atoms with E-state index in [1.165, 1.54) is 4.90 Å². The number of nitrogens with zero attached hydrogens (tertiary/aromatic N) is 1. The van der Waals surface area contributed by atoms with Crippen LogP contribution in [-0.4, -0.2) is 35.3 Å². The van der Waals surface area contributed by atoms with Crippen molar-refractivity contribution in [1.29, 1.82) is 0 Å². The van der Waals surface area contributed by atoms with E-state index in [0.29, 0.717) is 6.42 Å². The van der Waals surface area contributed by atoms with Crippen LogP contribution in [0, 0.1) is 5.92 Å². The number of aldehydes is 1. The molecule has 2 aliphatic rings. The van der Waals surface area contributed by atoms with Gasteiger partial charge in [0.2, 0.25) is 0 Å². The Morgan fingerprint density at radius 1 is 1.00 bits per heavy atom. The molecule has 4 rings (SSSR count). The lowest BCUT2D eigenvalue weighted by Crippen LogP contribution is -2.47. The van der Waals surface area contributed by atoms with E-state index in [1.54, 1.807) is 0 Å². The first kappa shape index (κ1) is 17.5. The van der Waals surface area contributed by atoms with Gasteiger partial charge in [-0.15, -0.1) is 0 Å². The number of benzene rings is 2. The molecule has 2 aromatic carbocycles. The van der Waals surface area contributed by atoms with Crippen molar-refractivity contribution in [2.45, 2.75) is 38.3 Å². The van der Waals surface area contributed by atoms with E-state index in [0.717, 1.165) is 28.5 Å². The normalized spacial score (nSPS) is 19.8. The maximum atomic E-state index is 12.5. The van der Waals surface area contributed by atoms with Crippen molar-refractivity contribution in [2.24, 2.45) is 5.92 Å². The molecule has 0 radical (unpaired) electrons. The molecule has 2 atom stereocenters. The third-order valence-corrected chi connectivity index (χ3v) is 5.39. The van der Waals surface area contributed by atoms with Crippen molar-refractivity contribution < 1.29 is 19.1 Å². The molecule has 0 spiro atoms. The summed E-state index contributed by atoms with van der Waals surface area (Å²) in [5, 5.41) is 0. The average molecular weight is 363 g/mol. The molecule has 1 aliphatic heterocycles. The number of carbonyl (C=O) groups excluding carboxylic acids is 3. The Morgan fingerprint density at radius 3 is 2.07 bits per heavy atom. The molecule has 1 heterocycles. The summed E-state index contributed by atoms with van der Waals surface area (Å²) in [5.74, 6) is -0.700. The predicted molar refractivity (Wildman–Crippen MR) is 100 cm³/mol. The van der Waals surface area contributed by atoms with Gasteiger partial charge < -0.3 is 9.53 Å². The Balaban J connectivity index is 1.82. The van der Waals surface area contributed by atoms with Gasteiger partial charge in [-0.2, -0.15) is 0 Å². The topological polar surface area (TPSA) is 63.7 Å². The van der Waals surface area contributed by atoms with E-state index in [-0.39, 0.29) is 11.8 Å². The van der Waals surface area contributed by atoms with Crippen molar-refractivity contribution in [3.05, 3.63) is 59.7 Å². The van der Waals surface area contributed by atoms with E-state index in [1.807, 2.05) is 62.4 Å². The molecule has 1 fully saturated rings. The highest BCUT2D eigenvalue weighted by molar-refractivity contribution is 5.97. The first-order chi connectivity index (χ1) is 13.0.